The summed E-state index contributed by atoms with van der Waals surface area (Å²) >= 11 is 1.58. The van der Waals surface area contributed by atoms with Crippen molar-refractivity contribution in [3.05, 3.63) is 35.4 Å². The Labute approximate surface area is 110 Å². The number of rotatable bonds is 3. The minimum absolute atomic E-state index is 0.324. The van der Waals surface area contributed by atoms with Crippen LogP contribution in [-0.2, 0) is 11.3 Å². The highest BCUT2D eigenvalue weighted by Gasteiger charge is 2.39. The Morgan fingerprint density at radius 3 is 3.11 bits per heavy atom. The van der Waals surface area contributed by atoms with Gasteiger partial charge < -0.3 is 10.4 Å². The molecule has 0 spiro atoms. The van der Waals surface area contributed by atoms with Crippen LogP contribution in [0.15, 0.2) is 24.3 Å². The second-order valence-electron chi connectivity index (χ2n) is 4.33. The van der Waals surface area contributed by atoms with E-state index in [1.54, 1.807) is 30.0 Å². The zero-order valence-corrected chi connectivity index (χ0v) is 10.7. The normalized spacial score (nSPS) is 22.4. The molecule has 0 aromatic heterocycles. The number of hydrogen-bond acceptors (Lipinski definition) is 4. The molecule has 1 saturated heterocycles. The van der Waals surface area contributed by atoms with Gasteiger partial charge in [0.2, 0.25) is 0 Å². The van der Waals surface area contributed by atoms with E-state index in [0.29, 0.717) is 24.3 Å². The first kappa shape index (κ1) is 12.9. The van der Waals surface area contributed by atoms with Crippen molar-refractivity contribution >= 4 is 17.7 Å². The first-order chi connectivity index (χ1) is 8.64. The molecule has 0 aliphatic carbocycles. The fourth-order valence-corrected chi connectivity index (χ4v) is 3.07. The highest BCUT2D eigenvalue weighted by Crippen LogP contribution is 2.27. The van der Waals surface area contributed by atoms with E-state index in [-0.39, 0.29) is 5.91 Å². The number of amides is 1. The van der Waals surface area contributed by atoms with Crippen LogP contribution in [0.25, 0.3) is 0 Å². The molecule has 1 fully saturated rings. The van der Waals surface area contributed by atoms with Crippen LogP contribution in [0.4, 0.5) is 0 Å². The number of thioether (sulfide) groups is 1. The van der Waals surface area contributed by atoms with Gasteiger partial charge in [0.15, 0.2) is 5.60 Å². The Balaban J connectivity index is 1.95. The van der Waals surface area contributed by atoms with Gasteiger partial charge in [-0.3, -0.25) is 4.79 Å². The molecule has 1 aromatic rings. The van der Waals surface area contributed by atoms with Gasteiger partial charge in [-0.05, 0) is 29.9 Å². The van der Waals surface area contributed by atoms with Crippen LogP contribution in [0.2, 0.25) is 0 Å². The molecule has 94 valence electrons. The third kappa shape index (κ3) is 2.84. The summed E-state index contributed by atoms with van der Waals surface area (Å²) in [6, 6.07) is 9.12. The van der Waals surface area contributed by atoms with E-state index in [1.165, 1.54) is 0 Å². The summed E-state index contributed by atoms with van der Waals surface area (Å²) < 4.78 is 0. The van der Waals surface area contributed by atoms with Gasteiger partial charge >= 0.3 is 0 Å². The van der Waals surface area contributed by atoms with Crippen molar-refractivity contribution in [2.75, 3.05) is 11.5 Å². The first-order valence-corrected chi connectivity index (χ1v) is 6.87. The largest absolute Gasteiger partial charge is 0.379 e. The molecule has 1 aromatic carbocycles. The Hall–Kier alpha value is -1.51. The van der Waals surface area contributed by atoms with Crippen LogP contribution in [-0.4, -0.2) is 28.1 Å². The molecular weight excluding hydrogens is 248 g/mol. The number of nitrogens with one attached hydrogen (secondary N) is 1. The lowest BCUT2D eigenvalue weighted by atomic mass is 10.0. The molecule has 18 heavy (non-hydrogen) atoms. The number of benzene rings is 1. The average Bonchev–Trinajstić information content (AvgIpc) is 2.84. The summed E-state index contributed by atoms with van der Waals surface area (Å²) in [7, 11) is 0. The summed E-state index contributed by atoms with van der Waals surface area (Å²) in [4.78, 5) is 11.9. The molecule has 2 rings (SSSR count). The van der Waals surface area contributed by atoms with Crippen LogP contribution >= 0.6 is 11.8 Å². The zero-order valence-electron chi connectivity index (χ0n) is 9.85. The Morgan fingerprint density at radius 2 is 2.44 bits per heavy atom. The van der Waals surface area contributed by atoms with Crippen molar-refractivity contribution in [3.63, 3.8) is 0 Å². The molecule has 4 nitrogen and oxygen atoms in total. The van der Waals surface area contributed by atoms with Crippen LogP contribution in [0.5, 0.6) is 0 Å². The van der Waals surface area contributed by atoms with Crippen molar-refractivity contribution in [1.82, 2.24) is 5.32 Å². The molecule has 5 heteroatoms. The zero-order chi connectivity index (χ0) is 13.0. The predicted molar refractivity (Wildman–Crippen MR) is 69.9 cm³/mol. The molecule has 1 aliphatic rings. The van der Waals surface area contributed by atoms with Crippen LogP contribution in [0.1, 0.15) is 17.5 Å². The van der Waals surface area contributed by atoms with Crippen LogP contribution in [0.3, 0.4) is 0 Å². The molecule has 0 radical (unpaired) electrons. The molecule has 1 unspecified atom stereocenters. The van der Waals surface area contributed by atoms with E-state index in [2.05, 4.69) is 11.4 Å². The summed E-state index contributed by atoms with van der Waals surface area (Å²) in [6.07, 6.45) is 0.502. The minimum atomic E-state index is -1.22. The Bertz CT molecular complexity index is 490. The van der Waals surface area contributed by atoms with Gasteiger partial charge in [-0.15, -0.1) is 0 Å². The fraction of sp³-hybridized carbons (Fsp3) is 0.385. The highest BCUT2D eigenvalue weighted by molar-refractivity contribution is 7.99. The molecule has 0 bridgehead atoms. The topological polar surface area (TPSA) is 73.1 Å². The maximum atomic E-state index is 11.9. The lowest BCUT2D eigenvalue weighted by molar-refractivity contribution is -0.137. The molecule has 1 amide bonds. The monoisotopic (exact) mass is 262 g/mol. The first-order valence-electron chi connectivity index (χ1n) is 5.71. The van der Waals surface area contributed by atoms with Crippen molar-refractivity contribution in [1.29, 1.82) is 5.26 Å². The van der Waals surface area contributed by atoms with E-state index in [1.807, 2.05) is 6.07 Å². The third-order valence-electron chi connectivity index (χ3n) is 2.93. The van der Waals surface area contributed by atoms with Gasteiger partial charge in [0.1, 0.15) is 0 Å². The number of nitrogens with zero attached hydrogens (tertiary/aromatic N) is 1. The van der Waals surface area contributed by atoms with Gasteiger partial charge in [-0.1, -0.05) is 12.1 Å². The molecular formula is C13H14N2O2S. The third-order valence-corrected chi connectivity index (χ3v) is 4.11. The Kier molecular flexibility index (Phi) is 3.90. The van der Waals surface area contributed by atoms with Gasteiger partial charge in [-0.2, -0.15) is 17.0 Å². The van der Waals surface area contributed by atoms with Gasteiger partial charge in [0.05, 0.1) is 11.6 Å². The lowest BCUT2D eigenvalue weighted by Gasteiger charge is -2.20. The smallest absolute Gasteiger partial charge is 0.253 e. The van der Waals surface area contributed by atoms with Gasteiger partial charge in [0.25, 0.3) is 5.91 Å². The molecule has 1 aliphatic heterocycles. The van der Waals surface area contributed by atoms with E-state index in [9.17, 15) is 9.90 Å². The predicted octanol–water partition coefficient (Wildman–Crippen LogP) is 1.04. The van der Waals surface area contributed by atoms with Crippen LogP contribution in [0, 0.1) is 11.3 Å². The SMILES string of the molecule is N#Cc1cccc(CNC(=O)C2(O)CCSC2)c1. The second kappa shape index (κ2) is 5.42. The maximum Gasteiger partial charge on any atom is 0.253 e. The van der Waals surface area contributed by atoms with Crippen molar-refractivity contribution in [2.45, 2.75) is 18.6 Å². The van der Waals surface area contributed by atoms with E-state index in [4.69, 9.17) is 5.26 Å². The molecule has 1 heterocycles. The summed E-state index contributed by atoms with van der Waals surface area (Å²) in [5.74, 6) is 0.945. The van der Waals surface area contributed by atoms with Crippen LogP contribution < -0.4 is 5.32 Å². The Morgan fingerprint density at radius 1 is 1.61 bits per heavy atom. The van der Waals surface area contributed by atoms with E-state index in [0.717, 1.165) is 11.3 Å². The number of aliphatic hydroxyl groups is 1. The quantitative estimate of drug-likeness (QED) is 0.853. The fourth-order valence-electron chi connectivity index (χ4n) is 1.83. The number of carbonyl (C=O) groups is 1. The maximum absolute atomic E-state index is 11.9. The standard InChI is InChI=1S/C13H14N2O2S/c14-7-10-2-1-3-11(6-10)8-15-12(16)13(17)4-5-18-9-13/h1-3,6,17H,4-5,8-9H2,(H,15,16). The number of hydrogen-bond donors (Lipinski definition) is 2. The van der Waals surface area contributed by atoms with Crippen molar-refractivity contribution < 1.29 is 9.90 Å². The number of nitriles is 1. The highest BCUT2D eigenvalue weighted by atomic mass is 32.2. The summed E-state index contributed by atoms with van der Waals surface area (Å²) in [5, 5.41) is 21.5. The lowest BCUT2D eigenvalue weighted by Crippen LogP contribution is -2.46. The number of carbonyl (C=O) groups excluding carboxylic acids is 1. The molecule has 2 N–H and O–H groups in total. The van der Waals surface area contributed by atoms with Crippen molar-refractivity contribution in [2.24, 2.45) is 0 Å². The molecule has 1 atom stereocenters. The average molecular weight is 262 g/mol. The second-order valence-corrected chi connectivity index (χ2v) is 5.43. The minimum Gasteiger partial charge on any atom is -0.379 e. The van der Waals surface area contributed by atoms with E-state index < -0.39 is 5.60 Å². The summed E-state index contributed by atoms with van der Waals surface area (Å²) in [5.41, 5.74) is 0.200. The van der Waals surface area contributed by atoms with Crippen molar-refractivity contribution in [3.8, 4) is 6.07 Å². The van der Waals surface area contributed by atoms with E-state index >= 15 is 0 Å². The van der Waals surface area contributed by atoms with Gasteiger partial charge in [0, 0.05) is 12.3 Å². The summed E-state index contributed by atoms with van der Waals surface area (Å²) in [6.45, 7) is 0.335. The van der Waals surface area contributed by atoms with Gasteiger partial charge in [-0.25, -0.2) is 0 Å². The molecule has 0 saturated carbocycles.